The van der Waals surface area contributed by atoms with Gasteiger partial charge < -0.3 is 10.8 Å². The van der Waals surface area contributed by atoms with Crippen LogP contribution < -0.4 is 5.73 Å². The highest BCUT2D eigenvalue weighted by atomic mass is 35.5. The summed E-state index contributed by atoms with van der Waals surface area (Å²) in [7, 11) is 0. The Kier molecular flexibility index (Phi) is 4.96. The first-order valence-electron chi connectivity index (χ1n) is 6.42. The number of aliphatic hydroxyl groups excluding tert-OH is 1. The number of hydrogen-bond acceptors (Lipinski definition) is 3. The third kappa shape index (κ3) is 3.41. The van der Waals surface area contributed by atoms with E-state index in [-0.39, 0.29) is 12.1 Å². The predicted molar refractivity (Wildman–Crippen MR) is 78.1 cm³/mol. The molecule has 4 heteroatoms. The van der Waals surface area contributed by atoms with Gasteiger partial charge in [0, 0.05) is 15.5 Å². The summed E-state index contributed by atoms with van der Waals surface area (Å²) in [6.45, 7) is 0.111. The van der Waals surface area contributed by atoms with Gasteiger partial charge in [-0.1, -0.05) is 24.1 Å². The largest absolute Gasteiger partial charge is 0.394 e. The zero-order valence-corrected chi connectivity index (χ0v) is 12.0. The van der Waals surface area contributed by atoms with Gasteiger partial charge in [0.1, 0.15) is 0 Å². The van der Waals surface area contributed by atoms with E-state index in [1.165, 1.54) is 4.90 Å². The Morgan fingerprint density at radius 1 is 1.50 bits per heavy atom. The van der Waals surface area contributed by atoms with Crippen LogP contribution in [0.2, 0.25) is 5.02 Å². The number of aliphatic hydroxyl groups is 1. The molecular formula is C14H20ClNOS. The number of thioether (sulfide) groups is 1. The zero-order valence-electron chi connectivity index (χ0n) is 10.4. The van der Waals surface area contributed by atoms with E-state index in [2.05, 4.69) is 6.07 Å². The van der Waals surface area contributed by atoms with Crippen LogP contribution in [0.4, 0.5) is 0 Å². The molecule has 2 unspecified atom stereocenters. The van der Waals surface area contributed by atoms with Gasteiger partial charge in [-0.3, -0.25) is 0 Å². The van der Waals surface area contributed by atoms with E-state index in [1.54, 1.807) is 0 Å². The molecular weight excluding hydrogens is 266 g/mol. The van der Waals surface area contributed by atoms with E-state index in [0.29, 0.717) is 5.92 Å². The summed E-state index contributed by atoms with van der Waals surface area (Å²) in [4.78, 5) is 1.20. The van der Waals surface area contributed by atoms with Crippen molar-refractivity contribution >= 4 is 23.4 Å². The minimum absolute atomic E-state index is 0.111. The lowest BCUT2D eigenvalue weighted by Gasteiger charge is -2.29. The molecule has 1 aliphatic rings. The second-order valence-corrected chi connectivity index (χ2v) is 6.68. The Morgan fingerprint density at radius 2 is 2.33 bits per heavy atom. The molecule has 1 aliphatic carbocycles. The van der Waals surface area contributed by atoms with Gasteiger partial charge >= 0.3 is 0 Å². The number of halogens is 1. The lowest BCUT2D eigenvalue weighted by molar-refractivity contribution is 0.158. The van der Waals surface area contributed by atoms with E-state index >= 15 is 0 Å². The van der Waals surface area contributed by atoms with E-state index in [9.17, 15) is 5.11 Å². The molecule has 0 saturated heterocycles. The third-order valence-electron chi connectivity index (χ3n) is 3.83. The van der Waals surface area contributed by atoms with Gasteiger partial charge in [0.2, 0.25) is 0 Å². The van der Waals surface area contributed by atoms with Crippen LogP contribution in [0.25, 0.3) is 0 Å². The fraction of sp³-hybridized carbons (Fsp3) is 0.571. The monoisotopic (exact) mass is 285 g/mol. The van der Waals surface area contributed by atoms with Crippen LogP contribution in [0.15, 0.2) is 29.2 Å². The molecule has 1 aromatic rings. The van der Waals surface area contributed by atoms with Crippen molar-refractivity contribution < 1.29 is 5.11 Å². The molecule has 0 radical (unpaired) electrons. The molecule has 0 aliphatic heterocycles. The van der Waals surface area contributed by atoms with Crippen LogP contribution in [0.5, 0.6) is 0 Å². The van der Waals surface area contributed by atoms with Crippen molar-refractivity contribution in [2.24, 2.45) is 11.7 Å². The molecule has 0 amide bonds. The lowest BCUT2D eigenvalue weighted by Crippen LogP contribution is -2.47. The average Bonchev–Trinajstić information content (AvgIpc) is 2.72. The molecule has 0 bridgehead atoms. The van der Waals surface area contributed by atoms with Crippen LogP contribution >= 0.6 is 23.4 Å². The first-order valence-corrected chi connectivity index (χ1v) is 7.78. The average molecular weight is 286 g/mol. The van der Waals surface area contributed by atoms with Gasteiger partial charge in [-0.15, -0.1) is 11.8 Å². The second-order valence-electron chi connectivity index (χ2n) is 5.07. The summed E-state index contributed by atoms with van der Waals surface area (Å²) >= 11 is 7.76. The van der Waals surface area contributed by atoms with E-state index < -0.39 is 0 Å². The fourth-order valence-electron chi connectivity index (χ4n) is 2.68. The molecule has 1 saturated carbocycles. The van der Waals surface area contributed by atoms with Crippen molar-refractivity contribution in [1.29, 1.82) is 0 Å². The Balaban J connectivity index is 1.82. The zero-order chi connectivity index (χ0) is 13.0. The second kappa shape index (κ2) is 6.29. The Bertz CT molecular complexity index is 401. The summed E-state index contributed by atoms with van der Waals surface area (Å²) in [6.07, 6.45) is 4.31. The smallest absolute Gasteiger partial charge is 0.0613 e. The predicted octanol–water partition coefficient (Wildman–Crippen LogP) is 3.31. The highest BCUT2D eigenvalue weighted by Crippen LogP contribution is 2.37. The number of hydrogen-bond donors (Lipinski definition) is 2. The van der Waals surface area contributed by atoms with Gasteiger partial charge in [0.25, 0.3) is 0 Å². The summed E-state index contributed by atoms with van der Waals surface area (Å²) < 4.78 is 0. The van der Waals surface area contributed by atoms with Gasteiger partial charge in [-0.25, -0.2) is 0 Å². The molecule has 18 heavy (non-hydrogen) atoms. The van der Waals surface area contributed by atoms with Crippen molar-refractivity contribution in [3.8, 4) is 0 Å². The molecule has 0 spiro atoms. The Hall–Kier alpha value is -0.220. The topological polar surface area (TPSA) is 46.2 Å². The normalized spacial score (nSPS) is 27.6. The SMILES string of the molecule is NC1(CO)CCCC1CCSc1cccc(Cl)c1. The molecule has 1 fully saturated rings. The van der Waals surface area contributed by atoms with E-state index in [4.69, 9.17) is 17.3 Å². The molecule has 0 aromatic heterocycles. The van der Waals surface area contributed by atoms with Crippen LogP contribution in [0.1, 0.15) is 25.7 Å². The molecule has 0 heterocycles. The van der Waals surface area contributed by atoms with Gasteiger partial charge in [0.05, 0.1) is 6.61 Å². The molecule has 2 rings (SSSR count). The maximum absolute atomic E-state index is 9.40. The molecule has 2 nitrogen and oxygen atoms in total. The fourth-order valence-corrected chi connectivity index (χ4v) is 3.96. The van der Waals surface area contributed by atoms with Crippen molar-refractivity contribution in [2.45, 2.75) is 36.1 Å². The molecule has 2 atom stereocenters. The summed E-state index contributed by atoms with van der Waals surface area (Å²) in [5, 5.41) is 10.2. The summed E-state index contributed by atoms with van der Waals surface area (Å²) in [6, 6.07) is 7.93. The standard InChI is InChI=1S/C14H20ClNOS/c15-12-4-1-5-13(9-12)18-8-6-11-3-2-7-14(11,16)10-17/h1,4-5,9,11,17H,2-3,6-8,10,16H2. The first-order chi connectivity index (χ1) is 8.64. The van der Waals surface area contributed by atoms with Crippen molar-refractivity contribution in [2.75, 3.05) is 12.4 Å². The minimum atomic E-state index is -0.338. The maximum atomic E-state index is 9.40. The maximum Gasteiger partial charge on any atom is 0.0613 e. The summed E-state index contributed by atoms with van der Waals surface area (Å²) in [5.74, 6) is 1.48. The van der Waals surface area contributed by atoms with Crippen LogP contribution in [0.3, 0.4) is 0 Å². The van der Waals surface area contributed by atoms with Crippen molar-refractivity contribution in [1.82, 2.24) is 0 Å². The number of benzene rings is 1. The van der Waals surface area contributed by atoms with Crippen molar-refractivity contribution in [3.63, 3.8) is 0 Å². The van der Waals surface area contributed by atoms with Crippen LogP contribution in [-0.2, 0) is 0 Å². The molecule has 3 N–H and O–H groups in total. The lowest BCUT2D eigenvalue weighted by atomic mass is 9.87. The van der Waals surface area contributed by atoms with Gasteiger partial charge in [-0.05, 0) is 49.1 Å². The number of nitrogens with two attached hydrogens (primary N) is 1. The van der Waals surface area contributed by atoms with E-state index in [0.717, 1.165) is 36.5 Å². The highest BCUT2D eigenvalue weighted by molar-refractivity contribution is 7.99. The number of rotatable bonds is 5. The van der Waals surface area contributed by atoms with Crippen LogP contribution in [-0.4, -0.2) is 23.0 Å². The highest BCUT2D eigenvalue weighted by Gasteiger charge is 2.38. The Morgan fingerprint density at radius 3 is 3.06 bits per heavy atom. The third-order valence-corrected chi connectivity index (χ3v) is 5.10. The quantitative estimate of drug-likeness (QED) is 0.816. The van der Waals surface area contributed by atoms with Gasteiger partial charge in [0.15, 0.2) is 0 Å². The van der Waals surface area contributed by atoms with E-state index in [1.807, 2.05) is 30.0 Å². The van der Waals surface area contributed by atoms with Gasteiger partial charge in [-0.2, -0.15) is 0 Å². The first kappa shape index (κ1) is 14.2. The molecule has 1 aromatic carbocycles. The van der Waals surface area contributed by atoms with Crippen LogP contribution in [0, 0.1) is 5.92 Å². The minimum Gasteiger partial charge on any atom is -0.394 e. The Labute approximate surface area is 118 Å². The summed E-state index contributed by atoms with van der Waals surface area (Å²) in [5.41, 5.74) is 5.89. The molecule has 100 valence electrons. The van der Waals surface area contributed by atoms with Crippen molar-refractivity contribution in [3.05, 3.63) is 29.3 Å².